The smallest absolute Gasteiger partial charge is 0.270 e. The molecule has 2 aliphatic rings. The maximum atomic E-state index is 13.4. The van der Waals surface area contributed by atoms with Crippen molar-refractivity contribution < 1.29 is 4.39 Å². The summed E-state index contributed by atoms with van der Waals surface area (Å²) in [7, 11) is 1.68. The number of nitrogens with zero attached hydrogens (tertiary/aromatic N) is 4. The predicted molar refractivity (Wildman–Crippen MR) is 122 cm³/mol. The van der Waals surface area contributed by atoms with Crippen LogP contribution >= 0.6 is 22.9 Å². The fourth-order valence-electron chi connectivity index (χ4n) is 5.33. The lowest BCUT2D eigenvalue weighted by Crippen LogP contribution is -2.54. The van der Waals surface area contributed by atoms with Crippen molar-refractivity contribution in [2.24, 2.45) is 7.05 Å². The van der Waals surface area contributed by atoms with Crippen molar-refractivity contribution >= 4 is 38.8 Å². The van der Waals surface area contributed by atoms with E-state index in [9.17, 15) is 14.4 Å². The van der Waals surface area contributed by atoms with Gasteiger partial charge in [-0.15, -0.1) is 11.3 Å². The summed E-state index contributed by atoms with van der Waals surface area (Å²) in [4.78, 5) is 17.6. The van der Waals surface area contributed by atoms with Crippen LogP contribution in [0.5, 0.6) is 0 Å². The minimum absolute atomic E-state index is 0.176. The third kappa shape index (κ3) is 3.25. The Hall–Kier alpha value is -2.40. The molecule has 2 fully saturated rings. The predicted octanol–water partition coefficient (Wildman–Crippen LogP) is 4.68. The van der Waals surface area contributed by atoms with Crippen molar-refractivity contribution in [2.75, 3.05) is 18.0 Å². The third-order valence-electron chi connectivity index (χ3n) is 6.78. The Morgan fingerprint density at radius 3 is 2.48 bits per heavy atom. The van der Waals surface area contributed by atoms with E-state index in [0.717, 1.165) is 47.4 Å². The molecule has 0 spiro atoms. The summed E-state index contributed by atoms with van der Waals surface area (Å²) in [6, 6.07) is 11.5. The number of nitriles is 1. The lowest BCUT2D eigenvalue weighted by atomic mass is 10.0. The Bertz CT molecular complexity index is 1250. The fourth-order valence-corrected chi connectivity index (χ4v) is 6.66. The highest BCUT2D eigenvalue weighted by atomic mass is 35.5. The molecule has 2 bridgehead atoms. The van der Waals surface area contributed by atoms with Crippen molar-refractivity contribution in [3.05, 3.63) is 62.0 Å². The van der Waals surface area contributed by atoms with Crippen LogP contribution < -0.4 is 10.5 Å². The molecule has 0 N–H and O–H groups in total. The number of benzene rings is 1. The van der Waals surface area contributed by atoms with E-state index in [-0.39, 0.29) is 23.0 Å². The summed E-state index contributed by atoms with van der Waals surface area (Å²) in [6.45, 7) is 3.66. The van der Waals surface area contributed by atoms with Gasteiger partial charge in [0.05, 0.1) is 20.2 Å². The highest BCUT2D eigenvalue weighted by Crippen LogP contribution is 2.42. The lowest BCUT2D eigenvalue weighted by molar-refractivity contribution is 0.120. The van der Waals surface area contributed by atoms with Gasteiger partial charge in [0.2, 0.25) is 0 Å². The number of piperazine rings is 1. The van der Waals surface area contributed by atoms with Crippen molar-refractivity contribution in [1.29, 1.82) is 5.26 Å². The van der Waals surface area contributed by atoms with Crippen molar-refractivity contribution in [3.8, 4) is 6.07 Å². The van der Waals surface area contributed by atoms with E-state index in [1.54, 1.807) is 13.1 Å². The minimum atomic E-state index is -0.283. The van der Waals surface area contributed by atoms with Crippen LogP contribution in [0.3, 0.4) is 0 Å². The number of hydrogen-bond acceptors (Lipinski definition) is 5. The average molecular weight is 457 g/mol. The van der Waals surface area contributed by atoms with Crippen LogP contribution in [0.1, 0.15) is 36.9 Å². The van der Waals surface area contributed by atoms with Crippen molar-refractivity contribution in [2.45, 2.75) is 37.9 Å². The molecule has 160 valence electrons. The summed E-state index contributed by atoms with van der Waals surface area (Å²) in [5, 5.41) is 9.82. The molecule has 0 aliphatic carbocycles. The standard InChI is InChI=1S/C23H22ClFN4OS/c1-13(14-3-5-15(25)6-4-14)29-16-7-8-17(29)12-28(11-16)21-18(10-26)23(30)27(2)19-9-20(24)31-22(19)21/h3-6,9,13,16-17H,7-8,11-12H2,1-2H3/t13?,16-,17+. The van der Waals surface area contributed by atoms with Crippen LogP contribution in [-0.2, 0) is 7.05 Å². The van der Waals surface area contributed by atoms with Gasteiger partial charge in [-0.05, 0) is 43.5 Å². The number of halogens is 2. The third-order valence-corrected chi connectivity index (χ3v) is 8.04. The molecular formula is C23H22ClFN4OS. The largest absolute Gasteiger partial charge is 0.366 e. The van der Waals surface area contributed by atoms with Gasteiger partial charge >= 0.3 is 0 Å². The van der Waals surface area contributed by atoms with Gasteiger partial charge in [-0.1, -0.05) is 23.7 Å². The molecule has 2 aliphatic heterocycles. The van der Waals surface area contributed by atoms with Gasteiger partial charge < -0.3 is 9.47 Å². The molecule has 2 aromatic heterocycles. The molecule has 8 heteroatoms. The number of thiophene rings is 1. The molecule has 1 aromatic carbocycles. The summed E-state index contributed by atoms with van der Waals surface area (Å²) >= 11 is 7.71. The Labute approximate surface area is 188 Å². The molecule has 2 saturated heterocycles. The monoisotopic (exact) mass is 456 g/mol. The molecule has 0 radical (unpaired) electrons. The highest BCUT2D eigenvalue weighted by Gasteiger charge is 2.43. The van der Waals surface area contributed by atoms with Gasteiger partial charge in [-0.2, -0.15) is 5.26 Å². The highest BCUT2D eigenvalue weighted by molar-refractivity contribution is 7.23. The molecule has 0 saturated carbocycles. The maximum Gasteiger partial charge on any atom is 0.270 e. The Morgan fingerprint density at radius 1 is 1.23 bits per heavy atom. The number of hydrogen-bond donors (Lipinski definition) is 0. The van der Waals surface area contributed by atoms with E-state index < -0.39 is 0 Å². The second kappa shape index (κ2) is 7.63. The summed E-state index contributed by atoms with van der Waals surface area (Å²) in [5.74, 6) is -0.225. The maximum absolute atomic E-state index is 13.4. The summed E-state index contributed by atoms with van der Waals surface area (Å²) in [5.41, 5.74) is 2.50. The van der Waals surface area contributed by atoms with Gasteiger partial charge in [0.15, 0.2) is 0 Å². The number of fused-ring (bicyclic) bond motifs is 3. The van der Waals surface area contributed by atoms with Gasteiger partial charge in [0, 0.05) is 38.3 Å². The molecule has 5 nitrogen and oxygen atoms in total. The van der Waals surface area contributed by atoms with Gasteiger partial charge in [0.1, 0.15) is 17.4 Å². The molecule has 3 atom stereocenters. The topological polar surface area (TPSA) is 52.3 Å². The number of pyridine rings is 1. The number of aromatic nitrogens is 1. The van der Waals surface area contributed by atoms with Gasteiger partial charge in [0.25, 0.3) is 5.56 Å². The fraction of sp³-hybridized carbons (Fsp3) is 0.391. The van der Waals surface area contributed by atoms with Crippen molar-refractivity contribution in [3.63, 3.8) is 0 Å². The first-order chi connectivity index (χ1) is 14.9. The van der Waals surface area contributed by atoms with Crippen molar-refractivity contribution in [1.82, 2.24) is 9.47 Å². The van der Waals surface area contributed by atoms with Crippen LogP contribution in [0, 0.1) is 17.1 Å². The first kappa shape index (κ1) is 20.5. The van der Waals surface area contributed by atoms with E-state index in [1.165, 1.54) is 28.0 Å². The van der Waals surface area contributed by atoms with Crippen LogP contribution in [0.15, 0.2) is 35.1 Å². The van der Waals surface area contributed by atoms with Gasteiger partial charge in [-0.3, -0.25) is 9.69 Å². The molecule has 4 heterocycles. The quantitative estimate of drug-likeness (QED) is 0.574. The Balaban J connectivity index is 1.53. The van der Waals surface area contributed by atoms with E-state index in [4.69, 9.17) is 11.6 Å². The molecular weight excluding hydrogens is 435 g/mol. The first-order valence-corrected chi connectivity index (χ1v) is 11.6. The normalized spacial score (nSPS) is 22.1. The molecule has 5 rings (SSSR count). The van der Waals surface area contributed by atoms with E-state index in [2.05, 4.69) is 22.8 Å². The first-order valence-electron chi connectivity index (χ1n) is 10.4. The second-order valence-corrected chi connectivity index (χ2v) is 10.1. The van der Waals surface area contributed by atoms with E-state index >= 15 is 0 Å². The number of anilines is 1. The molecule has 31 heavy (non-hydrogen) atoms. The zero-order valence-electron chi connectivity index (χ0n) is 17.3. The second-order valence-electron chi connectivity index (χ2n) is 8.43. The van der Waals surface area contributed by atoms with Crippen LogP contribution in [0.25, 0.3) is 10.2 Å². The zero-order valence-corrected chi connectivity index (χ0v) is 18.9. The lowest BCUT2D eigenvalue weighted by Gasteiger charge is -2.45. The number of rotatable bonds is 3. The van der Waals surface area contributed by atoms with Crippen LogP contribution in [0.4, 0.5) is 10.1 Å². The summed E-state index contributed by atoms with van der Waals surface area (Å²) < 4.78 is 16.4. The SMILES string of the molecule is CC(c1ccc(F)cc1)N1[C@@H]2CC[C@H]1CN(c1c(C#N)c(=O)n(C)c3cc(Cl)sc13)C2. The molecule has 0 amide bonds. The van der Waals surface area contributed by atoms with E-state index in [0.29, 0.717) is 16.4 Å². The summed E-state index contributed by atoms with van der Waals surface area (Å²) in [6.07, 6.45) is 2.13. The zero-order chi connectivity index (χ0) is 21.9. The molecule has 1 unspecified atom stereocenters. The Kier molecular flexibility index (Phi) is 5.04. The molecule has 3 aromatic rings. The Morgan fingerprint density at radius 2 is 1.87 bits per heavy atom. The van der Waals surface area contributed by atoms with Crippen LogP contribution in [0.2, 0.25) is 4.34 Å². The number of aryl methyl sites for hydroxylation is 1. The minimum Gasteiger partial charge on any atom is -0.366 e. The van der Waals surface area contributed by atoms with Crippen LogP contribution in [-0.4, -0.2) is 34.6 Å². The van der Waals surface area contributed by atoms with Gasteiger partial charge in [-0.25, -0.2) is 4.39 Å². The van der Waals surface area contributed by atoms with E-state index in [1.807, 2.05) is 12.1 Å². The average Bonchev–Trinajstić information content (AvgIpc) is 3.27.